The van der Waals surface area contributed by atoms with Gasteiger partial charge in [0.2, 0.25) is 0 Å². The summed E-state index contributed by atoms with van der Waals surface area (Å²) in [7, 11) is 1.85. The van der Waals surface area contributed by atoms with Gasteiger partial charge in [-0.15, -0.1) is 0 Å². The fraction of sp³-hybridized carbons (Fsp3) is 0.769. The van der Waals surface area contributed by atoms with E-state index >= 15 is 0 Å². The van der Waals surface area contributed by atoms with Crippen molar-refractivity contribution in [3.63, 3.8) is 0 Å². The summed E-state index contributed by atoms with van der Waals surface area (Å²) in [4.78, 5) is 2.25. The van der Waals surface area contributed by atoms with E-state index in [9.17, 15) is 5.11 Å². The van der Waals surface area contributed by atoms with Gasteiger partial charge in [0.25, 0.3) is 0 Å². The van der Waals surface area contributed by atoms with Crippen LogP contribution in [0, 0.1) is 6.92 Å². The molecule has 0 radical (unpaired) electrons. The van der Waals surface area contributed by atoms with Crippen molar-refractivity contribution in [1.29, 1.82) is 0 Å². The Balaban J connectivity index is 2.02. The minimum atomic E-state index is 0.170. The molecule has 1 fully saturated rings. The number of hydrogen-bond donors (Lipinski definition) is 2. The molecule has 1 saturated heterocycles. The molecule has 1 aliphatic rings. The number of aromatic nitrogens is 2. The van der Waals surface area contributed by atoms with Crippen molar-refractivity contribution in [2.75, 3.05) is 26.2 Å². The highest BCUT2D eigenvalue weighted by atomic mass is 35.5. The lowest BCUT2D eigenvalue weighted by molar-refractivity contribution is 0.179. The van der Waals surface area contributed by atoms with E-state index in [1.165, 1.54) is 12.8 Å². The zero-order valence-electron chi connectivity index (χ0n) is 11.7. The van der Waals surface area contributed by atoms with Gasteiger partial charge < -0.3 is 10.4 Å². The molecule has 0 aromatic carbocycles. The molecule has 6 heteroatoms. The SMILES string of the molecule is Cc1nn(C)c(Cl)c1CN(CCO)CC1CCCN1. The molecule has 1 unspecified atom stereocenters. The molecule has 1 aliphatic heterocycles. The normalized spacial score (nSPS) is 19.5. The van der Waals surface area contributed by atoms with E-state index in [4.69, 9.17) is 11.6 Å². The van der Waals surface area contributed by atoms with Crippen LogP contribution in [0.4, 0.5) is 0 Å². The Kier molecular flexibility index (Phi) is 5.21. The van der Waals surface area contributed by atoms with Crippen LogP contribution in [-0.2, 0) is 13.6 Å². The van der Waals surface area contributed by atoms with Crippen LogP contribution in [0.2, 0.25) is 5.15 Å². The molecule has 0 spiro atoms. The van der Waals surface area contributed by atoms with E-state index in [0.29, 0.717) is 17.7 Å². The molecule has 19 heavy (non-hydrogen) atoms. The molecule has 1 aromatic rings. The lowest BCUT2D eigenvalue weighted by Crippen LogP contribution is -2.38. The zero-order valence-corrected chi connectivity index (χ0v) is 12.4. The second kappa shape index (κ2) is 6.70. The molecule has 5 nitrogen and oxygen atoms in total. The molecule has 2 N–H and O–H groups in total. The maximum atomic E-state index is 9.22. The number of hydrogen-bond acceptors (Lipinski definition) is 4. The number of rotatable bonds is 6. The summed E-state index contributed by atoms with van der Waals surface area (Å²) >= 11 is 6.27. The summed E-state index contributed by atoms with van der Waals surface area (Å²) in [6, 6.07) is 0.530. The maximum Gasteiger partial charge on any atom is 0.131 e. The molecule has 2 heterocycles. The van der Waals surface area contributed by atoms with Gasteiger partial charge in [-0.2, -0.15) is 5.10 Å². The van der Waals surface area contributed by atoms with E-state index in [0.717, 1.165) is 30.9 Å². The Labute approximate surface area is 119 Å². The van der Waals surface area contributed by atoms with Gasteiger partial charge in [0.1, 0.15) is 5.15 Å². The number of aliphatic hydroxyl groups is 1. The van der Waals surface area contributed by atoms with Crippen LogP contribution >= 0.6 is 11.6 Å². The highest BCUT2D eigenvalue weighted by Gasteiger charge is 2.20. The fourth-order valence-electron chi connectivity index (χ4n) is 2.68. The maximum absolute atomic E-state index is 9.22. The number of halogens is 1. The molecule has 108 valence electrons. The van der Waals surface area contributed by atoms with Crippen LogP contribution in [0.15, 0.2) is 0 Å². The van der Waals surface area contributed by atoms with Crippen LogP contribution in [0.25, 0.3) is 0 Å². The Hall–Kier alpha value is -0.620. The van der Waals surface area contributed by atoms with Crippen LogP contribution in [0.5, 0.6) is 0 Å². The predicted molar refractivity (Wildman–Crippen MR) is 76.3 cm³/mol. The van der Waals surface area contributed by atoms with Crippen molar-refractivity contribution in [3.8, 4) is 0 Å². The van der Waals surface area contributed by atoms with Crippen LogP contribution in [0.1, 0.15) is 24.1 Å². The molecular weight excluding hydrogens is 264 g/mol. The second-order valence-corrected chi connectivity index (χ2v) is 5.59. The standard InChI is InChI=1S/C13H23ClN4O/c1-10-12(13(14)17(2)16-10)9-18(6-7-19)8-11-4-3-5-15-11/h11,15,19H,3-9H2,1-2H3. The van der Waals surface area contributed by atoms with Gasteiger partial charge in [-0.05, 0) is 26.3 Å². The Morgan fingerprint density at radius 2 is 2.37 bits per heavy atom. The summed E-state index contributed by atoms with van der Waals surface area (Å²) in [5, 5.41) is 17.7. The minimum Gasteiger partial charge on any atom is -0.395 e. The van der Waals surface area contributed by atoms with Crippen molar-refractivity contribution in [1.82, 2.24) is 20.0 Å². The van der Waals surface area contributed by atoms with E-state index < -0.39 is 0 Å². The van der Waals surface area contributed by atoms with Gasteiger partial charge in [0.05, 0.1) is 12.3 Å². The third-order valence-corrected chi connectivity index (χ3v) is 4.18. The van der Waals surface area contributed by atoms with Gasteiger partial charge in [-0.25, -0.2) is 0 Å². The van der Waals surface area contributed by atoms with Gasteiger partial charge in [0, 0.05) is 38.3 Å². The molecule has 0 bridgehead atoms. The summed E-state index contributed by atoms with van der Waals surface area (Å²) < 4.78 is 1.71. The molecule has 2 rings (SSSR count). The summed E-state index contributed by atoms with van der Waals surface area (Å²) in [5.74, 6) is 0. The average Bonchev–Trinajstić information content (AvgIpc) is 2.94. The first-order valence-electron chi connectivity index (χ1n) is 6.86. The molecule has 0 aliphatic carbocycles. The quantitative estimate of drug-likeness (QED) is 0.817. The molecule has 0 amide bonds. The third kappa shape index (κ3) is 3.69. The first-order valence-corrected chi connectivity index (χ1v) is 7.24. The number of nitrogens with one attached hydrogen (secondary N) is 1. The Bertz CT molecular complexity index is 415. The van der Waals surface area contributed by atoms with Crippen molar-refractivity contribution in [3.05, 3.63) is 16.4 Å². The topological polar surface area (TPSA) is 53.3 Å². The number of aryl methyl sites for hydroxylation is 2. The van der Waals surface area contributed by atoms with Crippen molar-refractivity contribution >= 4 is 11.6 Å². The lowest BCUT2D eigenvalue weighted by Gasteiger charge is -2.24. The first kappa shape index (κ1) is 14.8. The van der Waals surface area contributed by atoms with Crippen molar-refractivity contribution in [2.24, 2.45) is 7.05 Å². The van der Waals surface area contributed by atoms with Gasteiger partial charge in [-0.1, -0.05) is 11.6 Å². The monoisotopic (exact) mass is 286 g/mol. The molecule has 0 saturated carbocycles. The van der Waals surface area contributed by atoms with E-state index in [-0.39, 0.29) is 6.61 Å². The van der Waals surface area contributed by atoms with Crippen molar-refractivity contribution < 1.29 is 5.11 Å². The largest absolute Gasteiger partial charge is 0.395 e. The Morgan fingerprint density at radius 1 is 1.58 bits per heavy atom. The fourth-order valence-corrected chi connectivity index (χ4v) is 2.91. The summed E-state index contributed by atoms with van der Waals surface area (Å²) in [5.41, 5.74) is 2.03. The molecular formula is C13H23ClN4O. The predicted octanol–water partition coefficient (Wildman–Crippen LogP) is 0.928. The molecule has 1 atom stereocenters. The molecule has 1 aromatic heterocycles. The minimum absolute atomic E-state index is 0.170. The van der Waals surface area contributed by atoms with Crippen LogP contribution < -0.4 is 5.32 Å². The smallest absolute Gasteiger partial charge is 0.131 e. The van der Waals surface area contributed by atoms with E-state index in [2.05, 4.69) is 15.3 Å². The van der Waals surface area contributed by atoms with E-state index in [1.807, 2.05) is 14.0 Å². The zero-order chi connectivity index (χ0) is 13.8. The summed E-state index contributed by atoms with van der Waals surface area (Å²) in [6.07, 6.45) is 2.45. The van der Waals surface area contributed by atoms with Crippen molar-refractivity contribution in [2.45, 2.75) is 32.4 Å². The average molecular weight is 287 g/mol. The highest BCUT2D eigenvalue weighted by molar-refractivity contribution is 6.30. The van der Waals surface area contributed by atoms with Gasteiger partial charge in [-0.3, -0.25) is 9.58 Å². The summed E-state index contributed by atoms with van der Waals surface area (Å²) in [6.45, 7) is 5.62. The van der Waals surface area contributed by atoms with Crippen LogP contribution in [0.3, 0.4) is 0 Å². The number of nitrogens with zero attached hydrogens (tertiary/aromatic N) is 3. The first-order chi connectivity index (χ1) is 9.11. The third-order valence-electron chi connectivity index (χ3n) is 3.71. The highest BCUT2D eigenvalue weighted by Crippen LogP contribution is 2.21. The second-order valence-electron chi connectivity index (χ2n) is 5.23. The van der Waals surface area contributed by atoms with Gasteiger partial charge in [0.15, 0.2) is 0 Å². The number of aliphatic hydroxyl groups excluding tert-OH is 1. The van der Waals surface area contributed by atoms with E-state index in [1.54, 1.807) is 4.68 Å². The van der Waals surface area contributed by atoms with Gasteiger partial charge >= 0.3 is 0 Å². The lowest BCUT2D eigenvalue weighted by atomic mass is 10.2. The Morgan fingerprint density at radius 3 is 2.89 bits per heavy atom. The van der Waals surface area contributed by atoms with Crippen LogP contribution in [-0.4, -0.2) is 52.1 Å².